The highest BCUT2D eigenvalue weighted by atomic mass is 16.5. The highest BCUT2D eigenvalue weighted by Crippen LogP contribution is 2.39. The monoisotopic (exact) mass is 448 g/mol. The van der Waals surface area contributed by atoms with Crippen LogP contribution in [0, 0.1) is 0 Å². The summed E-state index contributed by atoms with van der Waals surface area (Å²) in [5.74, 6) is 4.50. The highest BCUT2D eigenvalue weighted by molar-refractivity contribution is 5.89. The minimum Gasteiger partial charge on any atom is -0.484 e. The van der Waals surface area contributed by atoms with Gasteiger partial charge in [0.05, 0.1) is 34.9 Å². The number of nitrogens with two attached hydrogens (primary N) is 1. The Kier molecular flexibility index (Phi) is 5.13. The van der Waals surface area contributed by atoms with E-state index in [1.165, 1.54) is 0 Å². The molecule has 5 rings (SSSR count). The molecule has 3 N–H and O–H groups in total. The average molecular weight is 448 g/mol. The van der Waals surface area contributed by atoms with Crippen LogP contribution in [0.4, 0.5) is 0 Å². The first kappa shape index (κ1) is 21.1. The zero-order chi connectivity index (χ0) is 23.3. The van der Waals surface area contributed by atoms with E-state index in [4.69, 9.17) is 20.3 Å². The van der Waals surface area contributed by atoms with Gasteiger partial charge in [-0.2, -0.15) is 0 Å². The van der Waals surface area contributed by atoms with Crippen molar-refractivity contribution in [2.24, 2.45) is 5.84 Å². The number of carbonyl (C=O) groups excluding carboxylic acids is 2. The van der Waals surface area contributed by atoms with Crippen LogP contribution in [0.5, 0.6) is 5.75 Å². The molecule has 9 heteroatoms. The number of nitrogens with one attached hydrogen (secondary N) is 1. The molecular formula is C24H24N4O5. The molecule has 0 saturated heterocycles. The number of pyridine rings is 2. The van der Waals surface area contributed by atoms with Crippen LogP contribution in [-0.2, 0) is 33.9 Å². The largest absolute Gasteiger partial charge is 0.484 e. The first-order valence-corrected chi connectivity index (χ1v) is 11.0. The van der Waals surface area contributed by atoms with Crippen molar-refractivity contribution in [3.63, 3.8) is 0 Å². The van der Waals surface area contributed by atoms with Crippen LogP contribution in [0.15, 0.2) is 29.1 Å². The van der Waals surface area contributed by atoms with E-state index in [0.29, 0.717) is 24.3 Å². The topological polar surface area (TPSA) is 126 Å². The maximum Gasteiger partial charge on any atom is 0.313 e. The number of aryl methyl sites for hydroxylation is 1. The fourth-order valence-corrected chi connectivity index (χ4v) is 4.85. The first-order valence-electron chi connectivity index (χ1n) is 11.0. The molecule has 1 atom stereocenters. The number of hydrogen-bond donors (Lipinski definition) is 2. The molecule has 9 nitrogen and oxygen atoms in total. The molecule has 0 fully saturated rings. The number of aromatic nitrogens is 2. The van der Waals surface area contributed by atoms with Gasteiger partial charge in [-0.25, -0.2) is 10.8 Å². The van der Waals surface area contributed by atoms with Gasteiger partial charge in [-0.1, -0.05) is 13.8 Å². The highest BCUT2D eigenvalue weighted by Gasteiger charge is 2.34. The molecule has 3 aromatic rings. The molecule has 2 aromatic heterocycles. The minimum atomic E-state index is -0.437. The van der Waals surface area contributed by atoms with Gasteiger partial charge in [-0.3, -0.25) is 19.8 Å². The van der Waals surface area contributed by atoms with Crippen LogP contribution in [0.3, 0.4) is 0 Å². The van der Waals surface area contributed by atoms with Gasteiger partial charge < -0.3 is 14.0 Å². The van der Waals surface area contributed by atoms with Gasteiger partial charge in [0.2, 0.25) is 0 Å². The second-order valence-corrected chi connectivity index (χ2v) is 8.23. The number of fused-ring (bicyclic) bond motifs is 5. The molecule has 1 amide bonds. The maximum atomic E-state index is 13.3. The number of amides is 1. The Labute approximate surface area is 189 Å². The standard InChI is InChI=1S/C24H24N4O5/c1-3-13-16-7-12(32-11-21(29)27-25)5-6-19(16)26-22-17(13)9-28-20(22)8-15-14(4-2)24(31)33-10-18(15)23(28)30/h5-8,14H,3-4,9-11,25H2,1-2H3,(H,27,29). The molecule has 2 aliphatic heterocycles. The number of benzene rings is 1. The molecule has 0 spiro atoms. The molecule has 170 valence electrons. The quantitative estimate of drug-likeness (QED) is 0.207. The Bertz CT molecular complexity index is 1380. The number of esters is 1. The molecule has 0 bridgehead atoms. The number of carbonyl (C=O) groups is 2. The van der Waals surface area contributed by atoms with Crippen molar-refractivity contribution in [3.8, 4) is 17.1 Å². The van der Waals surface area contributed by atoms with E-state index < -0.39 is 11.8 Å². The number of hydrogen-bond acceptors (Lipinski definition) is 7. The van der Waals surface area contributed by atoms with Gasteiger partial charge in [0.25, 0.3) is 11.5 Å². The van der Waals surface area contributed by atoms with Gasteiger partial charge in [-0.15, -0.1) is 0 Å². The van der Waals surface area contributed by atoms with Crippen molar-refractivity contribution in [1.29, 1.82) is 0 Å². The number of ether oxygens (including phenoxy) is 2. The SMILES string of the molecule is CCc1c2c(nc3ccc(OCC(=O)NN)cc13)-c1cc3c(c(=O)n1C2)COC(=O)C3CC. The van der Waals surface area contributed by atoms with Gasteiger partial charge >= 0.3 is 5.97 Å². The van der Waals surface area contributed by atoms with Crippen LogP contribution in [0.1, 0.15) is 48.4 Å². The lowest BCUT2D eigenvalue weighted by molar-refractivity contribution is -0.148. The molecular weight excluding hydrogens is 424 g/mol. The summed E-state index contributed by atoms with van der Waals surface area (Å²) in [6, 6.07) is 7.40. The van der Waals surface area contributed by atoms with E-state index in [-0.39, 0.29) is 24.7 Å². The second-order valence-electron chi connectivity index (χ2n) is 8.23. The number of rotatable bonds is 5. The molecule has 0 aliphatic carbocycles. The Morgan fingerprint density at radius 1 is 1.27 bits per heavy atom. The average Bonchev–Trinajstić information content (AvgIpc) is 3.19. The summed E-state index contributed by atoms with van der Waals surface area (Å²) in [4.78, 5) is 41.9. The van der Waals surface area contributed by atoms with Crippen molar-refractivity contribution < 1.29 is 19.1 Å². The summed E-state index contributed by atoms with van der Waals surface area (Å²) in [5.41, 5.74) is 7.54. The van der Waals surface area contributed by atoms with E-state index in [2.05, 4.69) is 6.92 Å². The van der Waals surface area contributed by atoms with Gasteiger partial charge in [-0.05, 0) is 48.2 Å². The van der Waals surface area contributed by atoms with Crippen molar-refractivity contribution in [1.82, 2.24) is 15.0 Å². The molecule has 1 unspecified atom stereocenters. The van der Waals surface area contributed by atoms with E-state index in [0.717, 1.165) is 45.4 Å². The van der Waals surface area contributed by atoms with Gasteiger partial charge in [0.15, 0.2) is 6.61 Å². The summed E-state index contributed by atoms with van der Waals surface area (Å²) in [6.45, 7) is 4.20. The molecule has 0 radical (unpaired) electrons. The second kappa shape index (κ2) is 8.00. The summed E-state index contributed by atoms with van der Waals surface area (Å²) < 4.78 is 12.5. The Hall–Kier alpha value is -3.72. The molecule has 4 heterocycles. The number of cyclic esters (lactones) is 1. The van der Waals surface area contributed by atoms with Crippen LogP contribution in [0.25, 0.3) is 22.3 Å². The van der Waals surface area contributed by atoms with Gasteiger partial charge in [0, 0.05) is 10.9 Å². The van der Waals surface area contributed by atoms with E-state index in [1.54, 1.807) is 10.6 Å². The maximum absolute atomic E-state index is 13.3. The normalized spacial score (nSPS) is 16.1. The van der Waals surface area contributed by atoms with Crippen LogP contribution in [0.2, 0.25) is 0 Å². The van der Waals surface area contributed by atoms with E-state index >= 15 is 0 Å². The van der Waals surface area contributed by atoms with E-state index in [1.807, 2.05) is 30.5 Å². The zero-order valence-electron chi connectivity index (χ0n) is 18.4. The Balaban J connectivity index is 1.65. The number of hydrazine groups is 1. The third-order valence-electron chi connectivity index (χ3n) is 6.48. The fraction of sp³-hybridized carbons (Fsp3) is 0.333. The number of nitrogens with zero attached hydrogens (tertiary/aromatic N) is 2. The molecule has 0 saturated carbocycles. The summed E-state index contributed by atoms with van der Waals surface area (Å²) in [6.07, 6.45) is 1.30. The lowest BCUT2D eigenvalue weighted by Crippen LogP contribution is -2.34. The molecule has 1 aromatic carbocycles. The van der Waals surface area contributed by atoms with Crippen LogP contribution >= 0.6 is 0 Å². The fourth-order valence-electron chi connectivity index (χ4n) is 4.85. The van der Waals surface area contributed by atoms with Crippen molar-refractivity contribution in [2.45, 2.75) is 45.8 Å². The lowest BCUT2D eigenvalue weighted by atomic mass is 9.90. The van der Waals surface area contributed by atoms with E-state index in [9.17, 15) is 14.4 Å². The summed E-state index contributed by atoms with van der Waals surface area (Å²) in [5, 5.41) is 0.914. The van der Waals surface area contributed by atoms with Crippen molar-refractivity contribution in [3.05, 3.63) is 56.9 Å². The third kappa shape index (κ3) is 3.27. The van der Waals surface area contributed by atoms with Crippen molar-refractivity contribution >= 4 is 22.8 Å². The smallest absolute Gasteiger partial charge is 0.313 e. The predicted octanol–water partition coefficient (Wildman–Crippen LogP) is 1.91. The van der Waals surface area contributed by atoms with Crippen molar-refractivity contribution in [2.75, 3.05) is 6.61 Å². The minimum absolute atomic E-state index is 0.00718. The Morgan fingerprint density at radius 3 is 2.82 bits per heavy atom. The predicted molar refractivity (Wildman–Crippen MR) is 121 cm³/mol. The summed E-state index contributed by atoms with van der Waals surface area (Å²) >= 11 is 0. The lowest BCUT2D eigenvalue weighted by Gasteiger charge is -2.24. The first-order chi connectivity index (χ1) is 16.0. The zero-order valence-corrected chi connectivity index (χ0v) is 18.4. The van der Waals surface area contributed by atoms with Crippen LogP contribution < -0.4 is 21.6 Å². The Morgan fingerprint density at radius 2 is 2.09 bits per heavy atom. The van der Waals surface area contributed by atoms with Gasteiger partial charge in [0.1, 0.15) is 12.4 Å². The van der Waals surface area contributed by atoms with Crippen LogP contribution in [-0.4, -0.2) is 28.0 Å². The third-order valence-corrected chi connectivity index (χ3v) is 6.48. The summed E-state index contributed by atoms with van der Waals surface area (Å²) in [7, 11) is 0. The molecule has 2 aliphatic rings. The molecule has 33 heavy (non-hydrogen) atoms.